The van der Waals surface area contributed by atoms with E-state index in [1.807, 2.05) is 13.0 Å². The Bertz CT molecular complexity index is 1000. The second-order valence-corrected chi connectivity index (χ2v) is 9.61. The molecule has 2 aromatic rings. The molecule has 0 bridgehead atoms. The summed E-state index contributed by atoms with van der Waals surface area (Å²) in [7, 11) is -3.60. The van der Waals surface area contributed by atoms with Gasteiger partial charge in [-0.2, -0.15) is 0 Å². The van der Waals surface area contributed by atoms with Crippen LogP contribution in [0, 0.1) is 13.8 Å². The molecule has 3 rings (SSSR count). The summed E-state index contributed by atoms with van der Waals surface area (Å²) in [4.78, 5) is 14.7. The molecule has 1 aliphatic rings. The molecule has 8 heteroatoms. The first-order chi connectivity index (χ1) is 13.2. The number of likely N-dealkylation sites (tertiary alicyclic amines) is 1. The average Bonchev–Trinajstić information content (AvgIpc) is 2.63. The van der Waals surface area contributed by atoms with Gasteiger partial charge in [0.2, 0.25) is 10.0 Å². The van der Waals surface area contributed by atoms with Gasteiger partial charge in [0.25, 0.3) is 5.91 Å². The van der Waals surface area contributed by atoms with E-state index < -0.39 is 10.0 Å². The number of nitrogens with one attached hydrogen (secondary N) is 1. The SMILES string of the molecule is Cc1ccc(S(=O)(=O)NC2CCN(C(=O)c3cc(Cl)ccc3Cl)CC2)c(C)c1. The van der Waals surface area contributed by atoms with E-state index in [-0.39, 0.29) is 11.9 Å². The first kappa shape index (κ1) is 21.1. The molecular formula is C20H22Cl2N2O3S. The zero-order valence-electron chi connectivity index (χ0n) is 15.7. The number of sulfonamides is 1. The zero-order chi connectivity index (χ0) is 20.5. The Morgan fingerprint density at radius 2 is 1.75 bits per heavy atom. The standard InChI is InChI=1S/C20H22Cl2N2O3S/c1-13-3-6-19(14(2)11-13)28(26,27)23-16-7-9-24(10-8-16)20(25)17-12-15(21)4-5-18(17)22/h3-6,11-12,16,23H,7-10H2,1-2H3. The molecule has 0 aliphatic carbocycles. The molecule has 1 aliphatic heterocycles. The number of hydrogen-bond donors (Lipinski definition) is 1. The zero-order valence-corrected chi connectivity index (χ0v) is 18.0. The largest absolute Gasteiger partial charge is 0.338 e. The van der Waals surface area contributed by atoms with Crippen molar-refractivity contribution in [2.75, 3.05) is 13.1 Å². The normalized spacial score (nSPS) is 15.6. The fraction of sp³-hybridized carbons (Fsp3) is 0.350. The lowest BCUT2D eigenvalue weighted by molar-refractivity contribution is 0.0711. The van der Waals surface area contributed by atoms with Crippen molar-refractivity contribution in [1.29, 1.82) is 0 Å². The molecule has 150 valence electrons. The molecule has 1 N–H and O–H groups in total. The fourth-order valence-electron chi connectivity index (χ4n) is 3.42. The molecule has 1 saturated heterocycles. The Labute approximate surface area is 175 Å². The summed E-state index contributed by atoms with van der Waals surface area (Å²) in [6.07, 6.45) is 1.07. The van der Waals surface area contributed by atoms with Gasteiger partial charge in [-0.25, -0.2) is 13.1 Å². The van der Waals surface area contributed by atoms with Crippen LogP contribution in [0.2, 0.25) is 10.0 Å². The van der Waals surface area contributed by atoms with Gasteiger partial charge in [0.15, 0.2) is 0 Å². The molecule has 0 aromatic heterocycles. The predicted molar refractivity (Wildman–Crippen MR) is 112 cm³/mol. The number of carbonyl (C=O) groups excluding carboxylic acids is 1. The molecule has 0 saturated carbocycles. The Morgan fingerprint density at radius 1 is 1.07 bits per heavy atom. The topological polar surface area (TPSA) is 66.5 Å². The Balaban J connectivity index is 1.65. The van der Waals surface area contributed by atoms with Crippen LogP contribution in [0.25, 0.3) is 0 Å². The maximum absolute atomic E-state index is 12.7. The van der Waals surface area contributed by atoms with Crippen LogP contribution in [0.4, 0.5) is 0 Å². The molecule has 28 heavy (non-hydrogen) atoms. The number of benzene rings is 2. The molecular weight excluding hydrogens is 419 g/mol. The minimum atomic E-state index is -3.60. The highest BCUT2D eigenvalue weighted by molar-refractivity contribution is 7.89. The van der Waals surface area contributed by atoms with Crippen molar-refractivity contribution >= 4 is 39.1 Å². The Hall–Kier alpha value is -1.60. The highest BCUT2D eigenvalue weighted by Gasteiger charge is 2.28. The summed E-state index contributed by atoms with van der Waals surface area (Å²) < 4.78 is 28.2. The summed E-state index contributed by atoms with van der Waals surface area (Å²) >= 11 is 12.1. The van der Waals surface area contributed by atoms with E-state index in [4.69, 9.17) is 23.2 Å². The van der Waals surface area contributed by atoms with Crippen LogP contribution >= 0.6 is 23.2 Å². The minimum absolute atomic E-state index is 0.191. The van der Waals surface area contributed by atoms with E-state index in [0.29, 0.717) is 46.4 Å². The lowest BCUT2D eigenvalue weighted by Crippen LogP contribution is -2.46. The molecule has 5 nitrogen and oxygen atoms in total. The van der Waals surface area contributed by atoms with Gasteiger partial charge in [-0.05, 0) is 56.5 Å². The number of aryl methyl sites for hydroxylation is 2. The number of nitrogens with zero attached hydrogens (tertiary/aromatic N) is 1. The van der Waals surface area contributed by atoms with Crippen LogP contribution < -0.4 is 4.72 Å². The Morgan fingerprint density at radius 3 is 2.39 bits per heavy atom. The van der Waals surface area contributed by atoms with Gasteiger partial charge in [-0.15, -0.1) is 0 Å². The molecule has 2 aromatic carbocycles. The van der Waals surface area contributed by atoms with Crippen LogP contribution in [0.3, 0.4) is 0 Å². The second kappa shape index (κ2) is 8.41. The van der Waals surface area contributed by atoms with Gasteiger partial charge in [-0.1, -0.05) is 40.9 Å². The fourth-order valence-corrected chi connectivity index (χ4v) is 5.32. The van der Waals surface area contributed by atoms with Crippen molar-refractivity contribution in [3.8, 4) is 0 Å². The van der Waals surface area contributed by atoms with E-state index >= 15 is 0 Å². The maximum atomic E-state index is 12.7. The van der Waals surface area contributed by atoms with Crippen LogP contribution in [0.15, 0.2) is 41.3 Å². The van der Waals surface area contributed by atoms with Gasteiger partial charge >= 0.3 is 0 Å². The minimum Gasteiger partial charge on any atom is -0.338 e. The van der Waals surface area contributed by atoms with E-state index in [9.17, 15) is 13.2 Å². The van der Waals surface area contributed by atoms with Crippen LogP contribution in [0.5, 0.6) is 0 Å². The summed E-state index contributed by atoms with van der Waals surface area (Å²) in [5.74, 6) is -0.191. The summed E-state index contributed by atoms with van der Waals surface area (Å²) in [5.41, 5.74) is 2.10. The second-order valence-electron chi connectivity index (χ2n) is 7.08. The van der Waals surface area contributed by atoms with Crippen molar-refractivity contribution in [3.05, 3.63) is 63.1 Å². The van der Waals surface area contributed by atoms with Gasteiger partial charge in [0.05, 0.1) is 15.5 Å². The van der Waals surface area contributed by atoms with Crippen molar-refractivity contribution in [2.45, 2.75) is 37.6 Å². The monoisotopic (exact) mass is 440 g/mol. The molecule has 1 fully saturated rings. The van der Waals surface area contributed by atoms with Crippen molar-refractivity contribution < 1.29 is 13.2 Å². The van der Waals surface area contributed by atoms with E-state index in [1.165, 1.54) is 0 Å². The van der Waals surface area contributed by atoms with Crippen LogP contribution in [-0.2, 0) is 10.0 Å². The number of halogens is 2. The van der Waals surface area contributed by atoms with E-state index in [1.54, 1.807) is 42.2 Å². The Kier molecular flexibility index (Phi) is 6.34. The lowest BCUT2D eigenvalue weighted by Gasteiger charge is -2.32. The maximum Gasteiger partial charge on any atom is 0.255 e. The summed E-state index contributed by atoms with van der Waals surface area (Å²) in [6, 6.07) is 9.84. The van der Waals surface area contributed by atoms with Crippen molar-refractivity contribution in [3.63, 3.8) is 0 Å². The van der Waals surface area contributed by atoms with E-state index in [0.717, 1.165) is 11.1 Å². The number of piperidine rings is 1. The quantitative estimate of drug-likeness (QED) is 0.774. The highest BCUT2D eigenvalue weighted by atomic mass is 35.5. The molecule has 1 heterocycles. The third-order valence-electron chi connectivity index (χ3n) is 4.88. The third kappa shape index (κ3) is 4.69. The molecule has 0 unspecified atom stereocenters. The highest BCUT2D eigenvalue weighted by Crippen LogP contribution is 2.24. The van der Waals surface area contributed by atoms with Crippen molar-refractivity contribution in [2.24, 2.45) is 0 Å². The molecule has 0 radical (unpaired) electrons. The molecule has 0 spiro atoms. The third-order valence-corrected chi connectivity index (χ3v) is 7.13. The number of hydrogen-bond acceptors (Lipinski definition) is 3. The molecule has 1 amide bonds. The summed E-state index contributed by atoms with van der Waals surface area (Å²) in [6.45, 7) is 4.61. The predicted octanol–water partition coefficient (Wildman–Crippen LogP) is 4.19. The lowest BCUT2D eigenvalue weighted by atomic mass is 10.0. The number of carbonyl (C=O) groups is 1. The van der Waals surface area contributed by atoms with Gasteiger partial charge < -0.3 is 4.90 Å². The smallest absolute Gasteiger partial charge is 0.255 e. The first-order valence-electron chi connectivity index (χ1n) is 9.01. The van der Waals surface area contributed by atoms with Gasteiger partial charge in [0.1, 0.15) is 0 Å². The number of amides is 1. The first-order valence-corrected chi connectivity index (χ1v) is 11.3. The molecule has 0 atom stereocenters. The van der Waals surface area contributed by atoms with Crippen LogP contribution in [0.1, 0.15) is 34.3 Å². The van der Waals surface area contributed by atoms with Crippen molar-refractivity contribution in [1.82, 2.24) is 9.62 Å². The number of rotatable bonds is 4. The van der Waals surface area contributed by atoms with Crippen LogP contribution in [-0.4, -0.2) is 38.4 Å². The summed E-state index contributed by atoms with van der Waals surface area (Å²) in [5, 5.41) is 0.802. The van der Waals surface area contributed by atoms with E-state index in [2.05, 4.69) is 4.72 Å². The van der Waals surface area contributed by atoms with Gasteiger partial charge in [0, 0.05) is 24.2 Å². The van der Waals surface area contributed by atoms with Gasteiger partial charge in [-0.3, -0.25) is 4.79 Å². The average molecular weight is 441 g/mol.